The average molecular weight is 118 g/mol. The highest BCUT2D eigenvalue weighted by Crippen LogP contribution is 1.77. The van der Waals surface area contributed by atoms with E-state index in [1.165, 1.54) is 0 Å². The number of rotatable bonds is 3. The molecule has 0 fully saturated rings. The number of nitroso groups, excluding NO2 is 1. The van der Waals surface area contributed by atoms with Crippen LogP contribution < -0.4 is 5.73 Å². The maximum absolute atomic E-state index is 9.77. The standard InChI is InChI=1S/C3H6N2O3/c4-2(1-5-8)3(6)7/h2H,1,4H2,(H,6,7)/t2-/m0/s1. The van der Waals surface area contributed by atoms with Gasteiger partial charge in [0.15, 0.2) is 0 Å². The van der Waals surface area contributed by atoms with Crippen molar-refractivity contribution in [2.45, 2.75) is 6.04 Å². The summed E-state index contributed by atoms with van der Waals surface area (Å²) in [6.45, 7) is -0.366. The maximum atomic E-state index is 9.77. The normalized spacial score (nSPS) is 12.6. The van der Waals surface area contributed by atoms with Gasteiger partial charge in [-0.05, 0) is 0 Å². The third-order valence-corrected chi connectivity index (χ3v) is 0.588. The lowest BCUT2D eigenvalue weighted by Gasteiger charge is -1.95. The molecule has 0 aliphatic rings. The second kappa shape index (κ2) is 3.09. The van der Waals surface area contributed by atoms with E-state index in [2.05, 4.69) is 5.18 Å². The Hall–Kier alpha value is -0.970. The summed E-state index contributed by atoms with van der Waals surface area (Å²) in [5.74, 6) is -1.20. The molecular weight excluding hydrogens is 112 g/mol. The molecule has 0 saturated carbocycles. The van der Waals surface area contributed by atoms with E-state index in [9.17, 15) is 9.70 Å². The highest BCUT2D eigenvalue weighted by molar-refractivity contribution is 5.73. The number of hydrogen-bond donors (Lipinski definition) is 2. The molecule has 3 N–H and O–H groups in total. The molecule has 5 nitrogen and oxygen atoms in total. The van der Waals surface area contributed by atoms with Crippen molar-refractivity contribution in [2.75, 3.05) is 6.54 Å². The van der Waals surface area contributed by atoms with E-state index in [1.54, 1.807) is 0 Å². The molecule has 0 spiro atoms. The number of carboxylic acids is 1. The Morgan fingerprint density at radius 2 is 2.38 bits per heavy atom. The summed E-state index contributed by atoms with van der Waals surface area (Å²) >= 11 is 0. The molecule has 8 heavy (non-hydrogen) atoms. The highest BCUT2D eigenvalue weighted by atomic mass is 16.4. The molecule has 0 heterocycles. The van der Waals surface area contributed by atoms with Gasteiger partial charge >= 0.3 is 5.97 Å². The molecule has 0 aromatic rings. The summed E-state index contributed by atoms with van der Waals surface area (Å²) in [7, 11) is 0. The van der Waals surface area contributed by atoms with Gasteiger partial charge in [-0.15, -0.1) is 0 Å². The van der Waals surface area contributed by atoms with Crippen molar-refractivity contribution in [3.63, 3.8) is 0 Å². The molecule has 1 atom stereocenters. The van der Waals surface area contributed by atoms with Crippen LogP contribution in [-0.4, -0.2) is 23.7 Å². The molecule has 0 aromatic carbocycles. The second-order valence-electron chi connectivity index (χ2n) is 1.26. The van der Waals surface area contributed by atoms with Gasteiger partial charge in [0.2, 0.25) is 0 Å². The summed E-state index contributed by atoms with van der Waals surface area (Å²) in [5.41, 5.74) is 4.83. The summed E-state index contributed by atoms with van der Waals surface area (Å²) in [5, 5.41) is 10.3. The van der Waals surface area contributed by atoms with E-state index >= 15 is 0 Å². The Kier molecular flexibility index (Phi) is 2.71. The summed E-state index contributed by atoms with van der Waals surface area (Å²) < 4.78 is 0. The number of nitrogens with zero attached hydrogens (tertiary/aromatic N) is 1. The third kappa shape index (κ3) is 2.25. The highest BCUT2D eigenvalue weighted by Gasteiger charge is 2.09. The van der Waals surface area contributed by atoms with E-state index in [0.717, 1.165) is 0 Å². The summed E-state index contributed by atoms with van der Waals surface area (Å²) in [6, 6.07) is -1.15. The van der Waals surface area contributed by atoms with Crippen molar-refractivity contribution in [2.24, 2.45) is 10.9 Å². The first-order valence-electron chi connectivity index (χ1n) is 1.96. The van der Waals surface area contributed by atoms with Crippen molar-refractivity contribution < 1.29 is 9.90 Å². The first kappa shape index (κ1) is 7.03. The fourth-order valence-corrected chi connectivity index (χ4v) is 0.158. The van der Waals surface area contributed by atoms with E-state index in [0.29, 0.717) is 0 Å². The largest absolute Gasteiger partial charge is 0.480 e. The molecule has 46 valence electrons. The lowest BCUT2D eigenvalue weighted by Crippen LogP contribution is -2.32. The van der Waals surface area contributed by atoms with Crippen LogP contribution in [0.1, 0.15) is 0 Å². The van der Waals surface area contributed by atoms with Gasteiger partial charge < -0.3 is 10.8 Å². The topological polar surface area (TPSA) is 92.8 Å². The lowest BCUT2D eigenvalue weighted by molar-refractivity contribution is -0.138. The maximum Gasteiger partial charge on any atom is 0.322 e. The number of carbonyl (C=O) groups is 1. The number of carboxylic acid groups (broad SMARTS) is 1. The van der Waals surface area contributed by atoms with Crippen LogP contribution in [-0.2, 0) is 4.79 Å². The smallest absolute Gasteiger partial charge is 0.322 e. The van der Waals surface area contributed by atoms with E-state index in [-0.39, 0.29) is 6.54 Å². The zero-order chi connectivity index (χ0) is 6.57. The van der Waals surface area contributed by atoms with Crippen LogP contribution in [0.2, 0.25) is 0 Å². The van der Waals surface area contributed by atoms with Crippen molar-refractivity contribution in [1.29, 1.82) is 0 Å². The Morgan fingerprint density at radius 3 is 2.50 bits per heavy atom. The van der Waals surface area contributed by atoms with Gasteiger partial charge in [-0.3, -0.25) is 4.79 Å². The van der Waals surface area contributed by atoms with Gasteiger partial charge in [0, 0.05) is 0 Å². The van der Waals surface area contributed by atoms with Crippen molar-refractivity contribution >= 4 is 5.97 Å². The quantitative estimate of drug-likeness (QED) is 0.473. The SMILES string of the molecule is N[C@@H](CN=O)C(=O)O. The molecule has 0 aliphatic heterocycles. The van der Waals surface area contributed by atoms with Crippen LogP contribution in [0.25, 0.3) is 0 Å². The number of hydrogen-bond acceptors (Lipinski definition) is 4. The van der Waals surface area contributed by atoms with Gasteiger partial charge in [0.25, 0.3) is 0 Å². The zero-order valence-corrected chi connectivity index (χ0v) is 4.07. The Bertz CT molecular complexity index is 103. The van der Waals surface area contributed by atoms with Crippen LogP contribution in [0.5, 0.6) is 0 Å². The Morgan fingerprint density at radius 1 is 1.88 bits per heavy atom. The minimum absolute atomic E-state index is 0.366. The second-order valence-corrected chi connectivity index (χ2v) is 1.26. The average Bonchev–Trinajstić information content (AvgIpc) is 1.67. The van der Waals surface area contributed by atoms with Gasteiger partial charge in [0.1, 0.15) is 12.6 Å². The Balaban J connectivity index is 3.46. The first-order chi connectivity index (χ1) is 3.68. The molecule has 0 unspecified atom stereocenters. The van der Waals surface area contributed by atoms with Crippen molar-refractivity contribution in [1.82, 2.24) is 0 Å². The molecule has 0 saturated heterocycles. The minimum Gasteiger partial charge on any atom is -0.480 e. The molecule has 0 aliphatic carbocycles. The summed E-state index contributed by atoms with van der Waals surface area (Å²) in [4.78, 5) is 19.1. The van der Waals surface area contributed by atoms with Crippen molar-refractivity contribution in [3.8, 4) is 0 Å². The first-order valence-corrected chi connectivity index (χ1v) is 1.96. The third-order valence-electron chi connectivity index (χ3n) is 0.588. The lowest BCUT2D eigenvalue weighted by atomic mass is 10.3. The van der Waals surface area contributed by atoms with E-state index in [4.69, 9.17) is 10.8 Å². The van der Waals surface area contributed by atoms with Gasteiger partial charge in [-0.2, -0.15) is 4.91 Å². The predicted octanol–water partition coefficient (Wildman–Crippen LogP) is -0.835. The van der Waals surface area contributed by atoms with Crippen LogP contribution in [0.4, 0.5) is 0 Å². The predicted molar refractivity (Wildman–Crippen MR) is 26.3 cm³/mol. The molecular formula is C3H6N2O3. The van der Waals surface area contributed by atoms with Gasteiger partial charge in [-0.25, -0.2) is 0 Å². The van der Waals surface area contributed by atoms with Crippen LogP contribution in [0, 0.1) is 4.91 Å². The van der Waals surface area contributed by atoms with Gasteiger partial charge in [0.05, 0.1) is 0 Å². The molecule has 0 aromatic heterocycles. The molecule has 0 bridgehead atoms. The van der Waals surface area contributed by atoms with E-state index < -0.39 is 12.0 Å². The molecule has 0 amide bonds. The monoisotopic (exact) mass is 118 g/mol. The number of nitrogens with two attached hydrogens (primary N) is 1. The van der Waals surface area contributed by atoms with Gasteiger partial charge in [-0.1, -0.05) is 5.18 Å². The van der Waals surface area contributed by atoms with Crippen molar-refractivity contribution in [3.05, 3.63) is 4.91 Å². The minimum atomic E-state index is -1.20. The van der Waals surface area contributed by atoms with Crippen LogP contribution in [0.3, 0.4) is 0 Å². The van der Waals surface area contributed by atoms with Crippen LogP contribution in [0.15, 0.2) is 5.18 Å². The number of aliphatic carboxylic acids is 1. The fourth-order valence-electron chi connectivity index (χ4n) is 0.158. The summed E-state index contributed by atoms with van der Waals surface area (Å²) in [6.07, 6.45) is 0. The molecule has 0 rings (SSSR count). The molecule has 0 radical (unpaired) electrons. The Labute approximate surface area is 45.5 Å². The molecule has 5 heteroatoms. The fraction of sp³-hybridized carbons (Fsp3) is 0.667. The van der Waals surface area contributed by atoms with E-state index in [1.807, 2.05) is 0 Å². The van der Waals surface area contributed by atoms with Crippen LogP contribution >= 0.6 is 0 Å². The zero-order valence-electron chi connectivity index (χ0n) is 4.07.